The van der Waals surface area contributed by atoms with Gasteiger partial charge in [-0.15, -0.1) is 0 Å². The number of nitrogens with zero attached hydrogens (tertiary/aromatic N) is 1. The number of hydrogen-bond acceptors (Lipinski definition) is 6. The van der Waals surface area contributed by atoms with E-state index in [2.05, 4.69) is 5.32 Å². The first-order valence-electron chi connectivity index (χ1n) is 11.4. The molecule has 1 aliphatic heterocycles. The lowest BCUT2D eigenvalue weighted by atomic mass is 9.94. The summed E-state index contributed by atoms with van der Waals surface area (Å²) in [5.74, 6) is -0.976. The molecule has 8 nitrogen and oxygen atoms in total. The normalized spacial score (nSPS) is 15.5. The Hall–Kier alpha value is -3.07. The van der Waals surface area contributed by atoms with Gasteiger partial charge in [0.25, 0.3) is 0 Å². The van der Waals surface area contributed by atoms with Gasteiger partial charge in [0.15, 0.2) is 0 Å². The Kier molecular flexibility index (Phi) is 10.2. The van der Waals surface area contributed by atoms with Crippen molar-refractivity contribution in [2.24, 2.45) is 0 Å². The quantitative estimate of drug-likeness (QED) is 0.320. The van der Waals surface area contributed by atoms with Crippen LogP contribution in [0.5, 0.6) is 0 Å². The molecular formula is C26H28Cl2N2O6. The van der Waals surface area contributed by atoms with Crippen molar-refractivity contribution in [3.63, 3.8) is 0 Å². The first kappa shape index (κ1) is 27.5. The SMILES string of the molecule is COCCOC(=O)CCCN1C(=O)NC(c2ccc(Cl)cc2Cl)C(C(=O)OCc2ccccc2)=C1C. The molecule has 0 spiro atoms. The smallest absolute Gasteiger partial charge is 0.338 e. The van der Waals surface area contributed by atoms with Crippen LogP contribution < -0.4 is 5.32 Å². The third kappa shape index (κ3) is 7.22. The number of hydrogen-bond donors (Lipinski definition) is 1. The molecule has 3 rings (SSSR count). The van der Waals surface area contributed by atoms with E-state index in [1.54, 1.807) is 25.1 Å². The average Bonchev–Trinajstić information content (AvgIpc) is 2.85. The van der Waals surface area contributed by atoms with E-state index in [9.17, 15) is 14.4 Å². The topological polar surface area (TPSA) is 94.2 Å². The zero-order chi connectivity index (χ0) is 26.1. The molecule has 0 fully saturated rings. The lowest BCUT2D eigenvalue weighted by Crippen LogP contribution is -2.48. The second-order valence-corrected chi connectivity index (χ2v) is 8.92. The van der Waals surface area contributed by atoms with Gasteiger partial charge >= 0.3 is 18.0 Å². The Bertz CT molecular complexity index is 1120. The molecule has 1 aliphatic rings. The molecule has 0 saturated carbocycles. The van der Waals surface area contributed by atoms with E-state index >= 15 is 0 Å². The van der Waals surface area contributed by atoms with Crippen LogP contribution in [-0.2, 0) is 30.4 Å². The molecule has 2 aromatic rings. The first-order chi connectivity index (χ1) is 17.3. The van der Waals surface area contributed by atoms with Crippen LogP contribution in [-0.4, -0.2) is 49.7 Å². The van der Waals surface area contributed by atoms with Crippen LogP contribution >= 0.6 is 23.2 Å². The lowest BCUT2D eigenvalue weighted by Gasteiger charge is -2.35. The van der Waals surface area contributed by atoms with Gasteiger partial charge in [-0.3, -0.25) is 9.69 Å². The van der Waals surface area contributed by atoms with Gasteiger partial charge in [0.1, 0.15) is 13.2 Å². The Balaban J connectivity index is 1.82. The molecular weight excluding hydrogens is 507 g/mol. The number of benzene rings is 2. The number of methoxy groups -OCH3 is 1. The van der Waals surface area contributed by atoms with Crippen molar-refractivity contribution in [3.8, 4) is 0 Å². The Morgan fingerprint density at radius 1 is 1.06 bits per heavy atom. The number of allylic oxidation sites excluding steroid dienone is 1. The number of halogens is 2. The maximum absolute atomic E-state index is 13.3. The molecule has 1 atom stereocenters. The molecule has 36 heavy (non-hydrogen) atoms. The molecule has 1 heterocycles. The van der Waals surface area contributed by atoms with Gasteiger partial charge in [-0.2, -0.15) is 0 Å². The van der Waals surface area contributed by atoms with Crippen LogP contribution in [0.1, 0.15) is 36.9 Å². The third-order valence-electron chi connectivity index (χ3n) is 5.62. The van der Waals surface area contributed by atoms with Crippen LogP contribution in [0.3, 0.4) is 0 Å². The van der Waals surface area contributed by atoms with Crippen LogP contribution in [0.15, 0.2) is 59.8 Å². The van der Waals surface area contributed by atoms with Gasteiger partial charge in [-0.1, -0.05) is 59.6 Å². The van der Waals surface area contributed by atoms with Crippen LogP contribution in [0.2, 0.25) is 10.0 Å². The van der Waals surface area contributed by atoms with E-state index < -0.39 is 18.0 Å². The molecule has 0 bridgehead atoms. The fraction of sp³-hybridized carbons (Fsp3) is 0.346. The van der Waals surface area contributed by atoms with Gasteiger partial charge in [0.2, 0.25) is 0 Å². The van der Waals surface area contributed by atoms with Gasteiger partial charge in [-0.25, -0.2) is 9.59 Å². The van der Waals surface area contributed by atoms with Crippen LogP contribution in [0.25, 0.3) is 0 Å². The molecule has 2 amide bonds. The number of rotatable bonds is 11. The maximum Gasteiger partial charge on any atom is 0.338 e. The van der Waals surface area contributed by atoms with Crippen molar-refractivity contribution >= 4 is 41.2 Å². The van der Waals surface area contributed by atoms with Gasteiger partial charge in [0.05, 0.1) is 18.2 Å². The fourth-order valence-corrected chi connectivity index (χ4v) is 4.29. The van der Waals surface area contributed by atoms with Crippen molar-refractivity contribution in [3.05, 3.63) is 81.0 Å². The highest BCUT2D eigenvalue weighted by atomic mass is 35.5. The minimum absolute atomic E-state index is 0.0682. The lowest BCUT2D eigenvalue weighted by molar-refractivity contribution is -0.145. The summed E-state index contributed by atoms with van der Waals surface area (Å²) < 4.78 is 15.5. The Morgan fingerprint density at radius 2 is 1.81 bits per heavy atom. The maximum atomic E-state index is 13.3. The first-order valence-corrected chi connectivity index (χ1v) is 12.2. The molecule has 192 valence electrons. The third-order valence-corrected chi connectivity index (χ3v) is 6.18. The molecule has 10 heteroatoms. The largest absolute Gasteiger partial charge is 0.463 e. The average molecular weight is 535 g/mol. The molecule has 1 N–H and O–H groups in total. The molecule has 0 aliphatic carbocycles. The van der Waals surface area contributed by atoms with Crippen molar-refractivity contribution in [1.82, 2.24) is 10.2 Å². The van der Waals surface area contributed by atoms with E-state index in [0.717, 1.165) is 5.56 Å². The highest BCUT2D eigenvalue weighted by molar-refractivity contribution is 6.35. The zero-order valence-electron chi connectivity index (χ0n) is 20.1. The van der Waals surface area contributed by atoms with Crippen molar-refractivity contribution in [2.75, 3.05) is 26.9 Å². The highest BCUT2D eigenvalue weighted by Crippen LogP contribution is 2.36. The Morgan fingerprint density at radius 3 is 2.50 bits per heavy atom. The van der Waals surface area contributed by atoms with Crippen molar-refractivity contribution in [2.45, 2.75) is 32.4 Å². The van der Waals surface area contributed by atoms with Gasteiger partial charge in [0, 0.05) is 35.8 Å². The number of carbonyl (C=O) groups excluding carboxylic acids is 3. The second-order valence-electron chi connectivity index (χ2n) is 8.08. The summed E-state index contributed by atoms with van der Waals surface area (Å²) in [5.41, 5.74) is 2.01. The Labute approximate surface area is 220 Å². The van der Waals surface area contributed by atoms with Gasteiger partial charge in [-0.05, 0) is 36.6 Å². The van der Waals surface area contributed by atoms with E-state index in [4.69, 9.17) is 37.4 Å². The molecule has 1 unspecified atom stereocenters. The summed E-state index contributed by atoms with van der Waals surface area (Å²) in [6.07, 6.45) is 0.455. The number of amides is 2. The fourth-order valence-electron chi connectivity index (χ4n) is 3.78. The number of ether oxygens (including phenoxy) is 3. The number of esters is 2. The summed E-state index contributed by atoms with van der Waals surface area (Å²) in [7, 11) is 1.52. The van der Waals surface area contributed by atoms with Crippen molar-refractivity contribution < 1.29 is 28.6 Å². The molecule has 0 aromatic heterocycles. The number of urea groups is 1. The predicted octanol–water partition coefficient (Wildman–Crippen LogP) is 5.05. The summed E-state index contributed by atoms with van der Waals surface area (Å²) in [5, 5.41) is 3.59. The number of carbonyl (C=O) groups is 3. The summed E-state index contributed by atoms with van der Waals surface area (Å²) >= 11 is 12.5. The predicted molar refractivity (Wildman–Crippen MR) is 135 cm³/mol. The summed E-state index contributed by atoms with van der Waals surface area (Å²) in [6.45, 7) is 2.42. The highest BCUT2D eigenvalue weighted by Gasteiger charge is 2.37. The number of nitrogens with one attached hydrogen (secondary N) is 1. The van der Waals surface area contributed by atoms with E-state index in [1.807, 2.05) is 30.3 Å². The van der Waals surface area contributed by atoms with Crippen LogP contribution in [0, 0.1) is 0 Å². The molecule has 0 radical (unpaired) electrons. The standard InChI is InChI=1S/C26H28Cl2N2O6/c1-17-23(25(32)36-16-18-7-4-3-5-8-18)24(20-11-10-19(27)15-21(20)28)29-26(33)30(17)12-6-9-22(31)35-14-13-34-2/h3-5,7-8,10-11,15,24H,6,9,12-14,16H2,1-2H3,(H,29,33). The molecule has 2 aromatic carbocycles. The zero-order valence-corrected chi connectivity index (χ0v) is 21.6. The second kappa shape index (κ2) is 13.3. The van der Waals surface area contributed by atoms with Crippen LogP contribution in [0.4, 0.5) is 4.79 Å². The van der Waals surface area contributed by atoms with E-state index in [1.165, 1.54) is 12.0 Å². The minimum atomic E-state index is -0.833. The summed E-state index contributed by atoms with van der Waals surface area (Å²) in [6, 6.07) is 12.9. The summed E-state index contributed by atoms with van der Waals surface area (Å²) in [4.78, 5) is 39.7. The molecule has 0 saturated heterocycles. The van der Waals surface area contributed by atoms with E-state index in [0.29, 0.717) is 34.3 Å². The monoisotopic (exact) mass is 534 g/mol. The van der Waals surface area contributed by atoms with E-state index in [-0.39, 0.29) is 37.7 Å². The van der Waals surface area contributed by atoms with Crippen molar-refractivity contribution in [1.29, 1.82) is 0 Å². The van der Waals surface area contributed by atoms with Gasteiger partial charge < -0.3 is 19.5 Å². The minimum Gasteiger partial charge on any atom is -0.463 e.